The molecule has 0 spiro atoms. The topological polar surface area (TPSA) is 84.2 Å². The summed E-state index contributed by atoms with van der Waals surface area (Å²) in [6.07, 6.45) is 2.46. The zero-order chi connectivity index (χ0) is 17.2. The quantitative estimate of drug-likeness (QED) is 0.870. The number of carboxylic acids is 1. The maximum atomic E-state index is 12.5. The summed E-state index contributed by atoms with van der Waals surface area (Å²) in [5, 5.41) is 17.0. The van der Waals surface area contributed by atoms with Crippen molar-refractivity contribution < 1.29 is 14.7 Å². The van der Waals surface area contributed by atoms with Crippen molar-refractivity contribution in [3.05, 3.63) is 47.2 Å². The molecule has 0 saturated carbocycles. The number of thioether (sulfide) groups is 1. The summed E-state index contributed by atoms with van der Waals surface area (Å²) in [6, 6.07) is 8.65. The largest absolute Gasteiger partial charge is 0.480 e. The van der Waals surface area contributed by atoms with Crippen LogP contribution in [-0.2, 0) is 4.79 Å². The van der Waals surface area contributed by atoms with E-state index in [0.29, 0.717) is 29.4 Å². The van der Waals surface area contributed by atoms with Crippen LogP contribution < -0.4 is 5.32 Å². The highest BCUT2D eigenvalue weighted by molar-refractivity contribution is 7.99. The zero-order valence-corrected chi connectivity index (χ0v) is 14.3. The lowest BCUT2D eigenvalue weighted by Gasteiger charge is -2.33. The Balaban J connectivity index is 1.79. The smallest absolute Gasteiger partial charge is 0.329 e. The number of aliphatic carboxylic acids is 1. The van der Waals surface area contributed by atoms with Gasteiger partial charge in [0.1, 0.15) is 5.54 Å². The van der Waals surface area contributed by atoms with E-state index in [1.165, 1.54) is 4.68 Å². The van der Waals surface area contributed by atoms with Crippen molar-refractivity contribution in [2.45, 2.75) is 18.4 Å². The molecule has 1 amide bonds. The Morgan fingerprint density at radius 3 is 2.71 bits per heavy atom. The van der Waals surface area contributed by atoms with E-state index in [9.17, 15) is 14.7 Å². The lowest BCUT2D eigenvalue weighted by atomic mass is 9.92. The molecule has 0 bridgehead atoms. The highest BCUT2D eigenvalue weighted by Crippen LogP contribution is 2.27. The number of hydrogen-bond donors (Lipinski definition) is 2. The first-order valence-electron chi connectivity index (χ1n) is 7.45. The third-order valence-corrected chi connectivity index (χ3v) is 5.22. The highest BCUT2D eigenvalue weighted by Gasteiger charge is 2.41. The fourth-order valence-electron chi connectivity index (χ4n) is 2.60. The lowest BCUT2D eigenvalue weighted by Crippen LogP contribution is -2.56. The van der Waals surface area contributed by atoms with E-state index in [4.69, 9.17) is 11.6 Å². The fraction of sp³-hybridized carbons (Fsp3) is 0.312. The molecule has 24 heavy (non-hydrogen) atoms. The van der Waals surface area contributed by atoms with Crippen molar-refractivity contribution in [3.63, 3.8) is 0 Å². The number of halogens is 1. The van der Waals surface area contributed by atoms with Gasteiger partial charge in [0.15, 0.2) is 5.69 Å². The average Bonchev–Trinajstić information content (AvgIpc) is 3.06. The van der Waals surface area contributed by atoms with Gasteiger partial charge in [-0.1, -0.05) is 17.7 Å². The molecule has 6 nitrogen and oxygen atoms in total. The molecule has 1 aliphatic rings. The molecule has 1 aliphatic heterocycles. The number of hydrogen-bond acceptors (Lipinski definition) is 4. The molecule has 0 atom stereocenters. The number of carbonyl (C=O) groups excluding carboxylic acids is 1. The molecule has 0 radical (unpaired) electrons. The van der Waals surface area contributed by atoms with Crippen LogP contribution in [0.3, 0.4) is 0 Å². The summed E-state index contributed by atoms with van der Waals surface area (Å²) in [5.74, 6) is -0.0527. The first-order valence-corrected chi connectivity index (χ1v) is 8.99. The second-order valence-corrected chi connectivity index (χ2v) is 7.24. The maximum Gasteiger partial charge on any atom is 0.329 e. The number of carboxylic acid groups (broad SMARTS) is 1. The molecule has 126 valence electrons. The first kappa shape index (κ1) is 16.9. The SMILES string of the molecule is O=C(NC1(C(=O)O)CCSCC1)c1ccn(-c2cccc(Cl)c2)n1. The summed E-state index contributed by atoms with van der Waals surface area (Å²) < 4.78 is 1.53. The van der Waals surface area contributed by atoms with E-state index >= 15 is 0 Å². The van der Waals surface area contributed by atoms with Crippen LogP contribution in [0.2, 0.25) is 5.02 Å². The number of benzene rings is 1. The average molecular weight is 366 g/mol. The summed E-state index contributed by atoms with van der Waals surface area (Å²) >= 11 is 7.65. The molecule has 2 aromatic rings. The van der Waals surface area contributed by atoms with Gasteiger partial charge in [-0.2, -0.15) is 16.9 Å². The van der Waals surface area contributed by atoms with Crippen molar-refractivity contribution in [2.24, 2.45) is 0 Å². The van der Waals surface area contributed by atoms with Gasteiger partial charge in [0.25, 0.3) is 5.91 Å². The van der Waals surface area contributed by atoms with Crippen LogP contribution in [0, 0.1) is 0 Å². The van der Waals surface area contributed by atoms with Gasteiger partial charge in [-0.05, 0) is 48.6 Å². The van der Waals surface area contributed by atoms with Crippen molar-refractivity contribution in [2.75, 3.05) is 11.5 Å². The van der Waals surface area contributed by atoms with Gasteiger partial charge in [0.05, 0.1) is 5.69 Å². The van der Waals surface area contributed by atoms with Crippen LogP contribution in [0.4, 0.5) is 0 Å². The molecule has 2 heterocycles. The number of nitrogens with one attached hydrogen (secondary N) is 1. The van der Waals surface area contributed by atoms with Gasteiger partial charge < -0.3 is 10.4 Å². The molecular weight excluding hydrogens is 350 g/mol. The molecule has 1 fully saturated rings. The number of amides is 1. The van der Waals surface area contributed by atoms with Crippen molar-refractivity contribution in [3.8, 4) is 5.69 Å². The molecule has 1 aromatic carbocycles. The molecule has 1 aromatic heterocycles. The van der Waals surface area contributed by atoms with Crippen molar-refractivity contribution in [1.82, 2.24) is 15.1 Å². The highest BCUT2D eigenvalue weighted by atomic mass is 35.5. The lowest BCUT2D eigenvalue weighted by molar-refractivity contribution is -0.144. The Labute approximate surface area is 148 Å². The van der Waals surface area contributed by atoms with Crippen LogP contribution in [-0.4, -0.2) is 43.8 Å². The van der Waals surface area contributed by atoms with Crippen LogP contribution >= 0.6 is 23.4 Å². The maximum absolute atomic E-state index is 12.5. The van der Waals surface area contributed by atoms with Gasteiger partial charge in [-0.25, -0.2) is 9.48 Å². The summed E-state index contributed by atoms with van der Waals surface area (Å²) in [5.41, 5.74) is -0.306. The van der Waals surface area contributed by atoms with Gasteiger partial charge >= 0.3 is 5.97 Å². The van der Waals surface area contributed by atoms with Gasteiger partial charge in [-0.15, -0.1) is 0 Å². The molecule has 3 rings (SSSR count). The van der Waals surface area contributed by atoms with E-state index in [-0.39, 0.29) is 5.69 Å². The second-order valence-electron chi connectivity index (χ2n) is 5.58. The summed E-state index contributed by atoms with van der Waals surface area (Å²) in [4.78, 5) is 24.1. The molecule has 2 N–H and O–H groups in total. The molecule has 0 unspecified atom stereocenters. The first-order chi connectivity index (χ1) is 11.5. The van der Waals surface area contributed by atoms with Gasteiger partial charge in [0.2, 0.25) is 0 Å². The van der Waals surface area contributed by atoms with Gasteiger partial charge in [0, 0.05) is 11.2 Å². The van der Waals surface area contributed by atoms with Crippen LogP contribution in [0.5, 0.6) is 0 Å². The van der Waals surface area contributed by atoms with E-state index in [0.717, 1.165) is 5.69 Å². The van der Waals surface area contributed by atoms with E-state index in [2.05, 4.69) is 10.4 Å². The summed E-state index contributed by atoms with van der Waals surface area (Å²) in [7, 11) is 0. The van der Waals surface area contributed by atoms with Crippen molar-refractivity contribution >= 4 is 35.2 Å². The van der Waals surface area contributed by atoms with Crippen LogP contribution in [0.25, 0.3) is 5.69 Å². The Morgan fingerprint density at radius 1 is 1.29 bits per heavy atom. The zero-order valence-electron chi connectivity index (χ0n) is 12.7. The third kappa shape index (κ3) is 3.42. The molecular formula is C16H16ClN3O3S. The molecule has 8 heteroatoms. The summed E-state index contributed by atoms with van der Waals surface area (Å²) in [6.45, 7) is 0. The standard InChI is InChI=1S/C16H16ClN3O3S/c17-11-2-1-3-12(10-11)20-7-4-13(19-20)14(21)18-16(15(22)23)5-8-24-9-6-16/h1-4,7,10H,5-6,8-9H2,(H,18,21)(H,22,23). The van der Waals surface area contributed by atoms with E-state index in [1.807, 2.05) is 6.07 Å². The second kappa shape index (κ2) is 6.86. The fourth-order valence-corrected chi connectivity index (χ4v) is 3.98. The Kier molecular flexibility index (Phi) is 4.82. The minimum absolute atomic E-state index is 0.175. The number of carbonyl (C=O) groups is 2. The molecule has 0 aliphatic carbocycles. The molecule has 1 saturated heterocycles. The normalized spacial score (nSPS) is 16.5. The Bertz CT molecular complexity index is 771. The number of nitrogens with zero attached hydrogens (tertiary/aromatic N) is 2. The van der Waals surface area contributed by atoms with Crippen LogP contribution in [0.15, 0.2) is 36.5 Å². The van der Waals surface area contributed by atoms with E-state index in [1.54, 1.807) is 42.2 Å². The Hall–Kier alpha value is -1.99. The number of aromatic nitrogens is 2. The minimum atomic E-state index is -1.21. The Morgan fingerprint density at radius 2 is 2.04 bits per heavy atom. The van der Waals surface area contributed by atoms with E-state index < -0.39 is 17.4 Å². The van der Waals surface area contributed by atoms with Gasteiger partial charge in [-0.3, -0.25) is 4.79 Å². The minimum Gasteiger partial charge on any atom is -0.480 e. The monoisotopic (exact) mass is 365 g/mol. The number of rotatable bonds is 4. The third-order valence-electron chi connectivity index (χ3n) is 4.00. The van der Waals surface area contributed by atoms with Crippen LogP contribution in [0.1, 0.15) is 23.3 Å². The predicted octanol–water partition coefficient (Wildman–Crippen LogP) is 2.61. The predicted molar refractivity (Wildman–Crippen MR) is 93.0 cm³/mol. The van der Waals surface area contributed by atoms with Crippen molar-refractivity contribution in [1.29, 1.82) is 0 Å².